The SMILES string of the molecule is COc1ccccc1C(C)SCc1nnc(C(C)C)o1. The number of thioether (sulfide) groups is 1. The molecule has 1 heterocycles. The summed E-state index contributed by atoms with van der Waals surface area (Å²) in [4.78, 5) is 0. The molecule has 0 saturated heterocycles. The Kier molecular flexibility index (Phi) is 5.06. The van der Waals surface area contributed by atoms with Crippen LogP contribution in [0.2, 0.25) is 0 Å². The van der Waals surface area contributed by atoms with Crippen molar-refractivity contribution in [3.05, 3.63) is 41.6 Å². The number of aromatic nitrogens is 2. The molecule has 0 N–H and O–H groups in total. The van der Waals surface area contributed by atoms with Gasteiger partial charge in [0, 0.05) is 16.7 Å². The minimum atomic E-state index is 0.271. The topological polar surface area (TPSA) is 48.2 Å². The first-order chi connectivity index (χ1) is 9.61. The lowest BCUT2D eigenvalue weighted by Gasteiger charge is -2.14. The molecule has 108 valence electrons. The summed E-state index contributed by atoms with van der Waals surface area (Å²) in [6.07, 6.45) is 0. The maximum absolute atomic E-state index is 5.61. The summed E-state index contributed by atoms with van der Waals surface area (Å²) in [6, 6.07) is 8.07. The van der Waals surface area contributed by atoms with Gasteiger partial charge in [0.1, 0.15) is 5.75 Å². The fraction of sp³-hybridized carbons (Fsp3) is 0.467. The standard InChI is InChI=1S/C15H20N2O2S/c1-10(2)15-17-16-14(19-15)9-20-11(3)12-7-5-6-8-13(12)18-4/h5-8,10-11H,9H2,1-4H3. The molecule has 20 heavy (non-hydrogen) atoms. The van der Waals surface area contributed by atoms with Gasteiger partial charge in [0.2, 0.25) is 11.8 Å². The zero-order valence-electron chi connectivity index (χ0n) is 12.3. The van der Waals surface area contributed by atoms with Crippen LogP contribution in [-0.2, 0) is 5.75 Å². The van der Waals surface area contributed by atoms with Crippen molar-refractivity contribution in [2.75, 3.05) is 7.11 Å². The Morgan fingerprint density at radius 3 is 2.60 bits per heavy atom. The Hall–Kier alpha value is -1.49. The van der Waals surface area contributed by atoms with Crippen molar-refractivity contribution in [2.45, 2.75) is 37.7 Å². The monoisotopic (exact) mass is 292 g/mol. The van der Waals surface area contributed by atoms with Crippen LogP contribution < -0.4 is 4.74 Å². The maximum atomic E-state index is 5.61. The molecule has 0 aliphatic heterocycles. The van der Waals surface area contributed by atoms with Crippen LogP contribution in [0, 0.1) is 0 Å². The van der Waals surface area contributed by atoms with E-state index in [-0.39, 0.29) is 5.92 Å². The Morgan fingerprint density at radius 1 is 1.20 bits per heavy atom. The van der Waals surface area contributed by atoms with Gasteiger partial charge >= 0.3 is 0 Å². The van der Waals surface area contributed by atoms with E-state index in [2.05, 4.69) is 23.2 Å². The summed E-state index contributed by atoms with van der Waals surface area (Å²) >= 11 is 1.76. The maximum Gasteiger partial charge on any atom is 0.226 e. The summed E-state index contributed by atoms with van der Waals surface area (Å²) in [7, 11) is 1.70. The highest BCUT2D eigenvalue weighted by molar-refractivity contribution is 7.98. The van der Waals surface area contributed by atoms with Crippen LogP contribution in [0.5, 0.6) is 5.75 Å². The largest absolute Gasteiger partial charge is 0.496 e. The van der Waals surface area contributed by atoms with Gasteiger partial charge in [-0.25, -0.2) is 0 Å². The van der Waals surface area contributed by atoms with Gasteiger partial charge in [0.15, 0.2) is 0 Å². The van der Waals surface area contributed by atoms with E-state index in [0.29, 0.717) is 22.8 Å². The van der Waals surface area contributed by atoms with Crippen LogP contribution in [0.25, 0.3) is 0 Å². The van der Waals surface area contributed by atoms with Gasteiger partial charge in [-0.05, 0) is 13.0 Å². The van der Waals surface area contributed by atoms with Crippen LogP contribution in [0.3, 0.4) is 0 Å². The lowest BCUT2D eigenvalue weighted by atomic mass is 10.1. The first-order valence-corrected chi connectivity index (χ1v) is 7.73. The number of nitrogens with zero attached hydrogens (tertiary/aromatic N) is 2. The highest BCUT2D eigenvalue weighted by Gasteiger charge is 2.14. The van der Waals surface area contributed by atoms with E-state index in [1.165, 1.54) is 5.56 Å². The third-order valence-corrected chi connectivity index (χ3v) is 4.18. The Balaban J connectivity index is 1.99. The molecule has 0 aliphatic carbocycles. The number of hydrogen-bond acceptors (Lipinski definition) is 5. The molecule has 1 atom stereocenters. The zero-order chi connectivity index (χ0) is 14.5. The van der Waals surface area contributed by atoms with Crippen molar-refractivity contribution in [1.82, 2.24) is 10.2 Å². The van der Waals surface area contributed by atoms with Crippen molar-refractivity contribution in [3.63, 3.8) is 0 Å². The average Bonchev–Trinajstić information content (AvgIpc) is 2.94. The van der Waals surface area contributed by atoms with Crippen LogP contribution >= 0.6 is 11.8 Å². The molecule has 0 saturated carbocycles. The van der Waals surface area contributed by atoms with Crippen LogP contribution in [0.15, 0.2) is 28.7 Å². The smallest absolute Gasteiger partial charge is 0.226 e. The molecule has 5 heteroatoms. The number of para-hydroxylation sites is 1. The fourth-order valence-electron chi connectivity index (χ4n) is 1.85. The van der Waals surface area contributed by atoms with E-state index in [1.807, 2.05) is 32.0 Å². The second kappa shape index (κ2) is 6.79. The highest BCUT2D eigenvalue weighted by Crippen LogP contribution is 2.36. The fourth-order valence-corrected chi connectivity index (χ4v) is 2.73. The molecule has 0 amide bonds. The number of benzene rings is 1. The van der Waals surface area contributed by atoms with Crippen molar-refractivity contribution in [3.8, 4) is 5.75 Å². The van der Waals surface area contributed by atoms with Crippen molar-refractivity contribution in [2.24, 2.45) is 0 Å². The molecule has 0 fully saturated rings. The Morgan fingerprint density at radius 2 is 1.95 bits per heavy atom. The van der Waals surface area contributed by atoms with Gasteiger partial charge in [0.05, 0.1) is 12.9 Å². The minimum Gasteiger partial charge on any atom is -0.496 e. The molecule has 0 aliphatic rings. The van der Waals surface area contributed by atoms with Crippen molar-refractivity contribution >= 4 is 11.8 Å². The average molecular weight is 292 g/mol. The summed E-state index contributed by atoms with van der Waals surface area (Å²) in [5.41, 5.74) is 1.18. The quantitative estimate of drug-likeness (QED) is 0.798. The van der Waals surface area contributed by atoms with Gasteiger partial charge < -0.3 is 9.15 Å². The predicted molar refractivity (Wildman–Crippen MR) is 81.1 cm³/mol. The number of hydrogen-bond donors (Lipinski definition) is 0. The van der Waals surface area contributed by atoms with E-state index in [1.54, 1.807) is 18.9 Å². The van der Waals surface area contributed by atoms with Crippen LogP contribution in [-0.4, -0.2) is 17.3 Å². The van der Waals surface area contributed by atoms with Gasteiger partial charge in [-0.3, -0.25) is 0 Å². The van der Waals surface area contributed by atoms with Crippen LogP contribution in [0.4, 0.5) is 0 Å². The highest BCUT2D eigenvalue weighted by atomic mass is 32.2. The van der Waals surface area contributed by atoms with Gasteiger partial charge in [-0.1, -0.05) is 32.0 Å². The summed E-state index contributed by atoms with van der Waals surface area (Å²) in [6.45, 7) is 6.24. The molecule has 2 aromatic rings. The van der Waals surface area contributed by atoms with E-state index in [9.17, 15) is 0 Å². The minimum absolute atomic E-state index is 0.271. The lowest BCUT2D eigenvalue weighted by Crippen LogP contribution is -1.95. The molecule has 1 aromatic heterocycles. The van der Waals surface area contributed by atoms with Gasteiger partial charge in [-0.2, -0.15) is 0 Å². The van der Waals surface area contributed by atoms with E-state index in [0.717, 1.165) is 5.75 Å². The van der Waals surface area contributed by atoms with Crippen LogP contribution in [0.1, 0.15) is 49.3 Å². The molecular formula is C15H20N2O2S. The third kappa shape index (κ3) is 3.54. The Bertz CT molecular complexity index is 554. The summed E-state index contributed by atoms with van der Waals surface area (Å²) < 4.78 is 11.0. The molecule has 0 bridgehead atoms. The van der Waals surface area contributed by atoms with E-state index >= 15 is 0 Å². The van der Waals surface area contributed by atoms with Gasteiger partial charge in [-0.15, -0.1) is 22.0 Å². The molecule has 1 unspecified atom stereocenters. The molecule has 1 aromatic carbocycles. The van der Waals surface area contributed by atoms with Crippen molar-refractivity contribution < 1.29 is 9.15 Å². The van der Waals surface area contributed by atoms with Crippen molar-refractivity contribution in [1.29, 1.82) is 0 Å². The Labute approximate surface area is 123 Å². The number of ether oxygens (including phenoxy) is 1. The van der Waals surface area contributed by atoms with E-state index in [4.69, 9.17) is 9.15 Å². The first kappa shape index (κ1) is 14.9. The predicted octanol–water partition coefficient (Wildman–Crippen LogP) is 4.20. The third-order valence-electron chi connectivity index (χ3n) is 3.01. The lowest BCUT2D eigenvalue weighted by molar-refractivity contribution is 0.410. The zero-order valence-corrected chi connectivity index (χ0v) is 13.1. The molecule has 0 radical (unpaired) electrons. The number of rotatable bonds is 6. The second-order valence-electron chi connectivity index (χ2n) is 4.88. The molecule has 2 rings (SSSR count). The first-order valence-electron chi connectivity index (χ1n) is 6.68. The second-order valence-corrected chi connectivity index (χ2v) is 6.21. The molecule has 4 nitrogen and oxygen atoms in total. The molecule has 0 spiro atoms. The van der Waals surface area contributed by atoms with Gasteiger partial charge in [0.25, 0.3) is 0 Å². The molecular weight excluding hydrogens is 272 g/mol. The number of methoxy groups -OCH3 is 1. The normalized spacial score (nSPS) is 12.7. The summed E-state index contributed by atoms with van der Waals surface area (Å²) in [5.74, 6) is 3.28. The van der Waals surface area contributed by atoms with E-state index < -0.39 is 0 Å². The summed E-state index contributed by atoms with van der Waals surface area (Å²) in [5, 5.41) is 8.43.